The first-order chi connectivity index (χ1) is 8.84. The SMILES string of the molecule is O=C1C2C3=CC=CC=C2CC2=CC=CC=C(C3)C12. The fraction of sp³-hybridized carbons (Fsp3) is 0.235. The van der Waals surface area contributed by atoms with Crippen molar-refractivity contribution in [3.63, 3.8) is 0 Å². The molecule has 4 aliphatic carbocycles. The summed E-state index contributed by atoms with van der Waals surface area (Å²) >= 11 is 0. The first-order valence-electron chi connectivity index (χ1n) is 6.51. The molecule has 0 amide bonds. The summed E-state index contributed by atoms with van der Waals surface area (Å²) in [5.74, 6) is 0.490. The third-order valence-electron chi connectivity index (χ3n) is 4.33. The van der Waals surface area contributed by atoms with E-state index in [9.17, 15) is 4.79 Å². The van der Waals surface area contributed by atoms with E-state index >= 15 is 0 Å². The molecular weight excluding hydrogens is 220 g/mol. The molecule has 88 valence electrons. The van der Waals surface area contributed by atoms with Gasteiger partial charge in [0.2, 0.25) is 0 Å². The smallest absolute Gasteiger partial charge is 0.155 e. The molecule has 0 spiro atoms. The average Bonchev–Trinajstić information content (AvgIpc) is 2.69. The Hall–Kier alpha value is -1.89. The number of rotatable bonds is 0. The van der Waals surface area contributed by atoms with Crippen LogP contribution >= 0.6 is 0 Å². The van der Waals surface area contributed by atoms with E-state index in [1.165, 1.54) is 22.3 Å². The lowest BCUT2D eigenvalue weighted by molar-refractivity contribution is -0.124. The summed E-state index contributed by atoms with van der Waals surface area (Å²) in [7, 11) is 0. The second-order valence-corrected chi connectivity index (χ2v) is 5.36. The number of allylic oxidation sites excluding steroid dienone is 12. The highest BCUT2D eigenvalue weighted by Gasteiger charge is 2.44. The van der Waals surface area contributed by atoms with Crippen LogP contribution < -0.4 is 0 Å². The van der Waals surface area contributed by atoms with Crippen LogP contribution in [0.4, 0.5) is 0 Å². The maximum atomic E-state index is 12.7. The minimum absolute atomic E-state index is 0.0531. The number of carbonyl (C=O) groups is 1. The van der Waals surface area contributed by atoms with E-state index in [-0.39, 0.29) is 11.8 Å². The minimum Gasteiger partial charge on any atom is -0.298 e. The molecule has 0 atom stereocenters. The molecule has 0 radical (unpaired) electrons. The van der Waals surface area contributed by atoms with Crippen LogP contribution in [0.5, 0.6) is 0 Å². The van der Waals surface area contributed by atoms with Crippen LogP contribution in [0.25, 0.3) is 0 Å². The molecule has 2 saturated carbocycles. The van der Waals surface area contributed by atoms with E-state index in [0.29, 0.717) is 5.78 Å². The summed E-state index contributed by atoms with van der Waals surface area (Å²) in [6.45, 7) is 0. The van der Waals surface area contributed by atoms with Gasteiger partial charge in [0.1, 0.15) is 0 Å². The molecule has 0 aromatic carbocycles. The predicted molar refractivity (Wildman–Crippen MR) is 71.8 cm³/mol. The molecule has 0 unspecified atom stereocenters. The quantitative estimate of drug-likeness (QED) is 0.627. The van der Waals surface area contributed by atoms with E-state index in [4.69, 9.17) is 0 Å². The van der Waals surface area contributed by atoms with Crippen LogP contribution in [-0.4, -0.2) is 5.78 Å². The summed E-state index contributed by atoms with van der Waals surface area (Å²) in [6, 6.07) is 0. The highest BCUT2D eigenvalue weighted by molar-refractivity contribution is 5.97. The van der Waals surface area contributed by atoms with Crippen LogP contribution in [-0.2, 0) is 4.79 Å². The Morgan fingerprint density at radius 2 is 1.00 bits per heavy atom. The zero-order chi connectivity index (χ0) is 12.1. The Morgan fingerprint density at radius 1 is 0.667 bits per heavy atom. The summed E-state index contributed by atoms with van der Waals surface area (Å²) in [5.41, 5.74) is 5.10. The van der Waals surface area contributed by atoms with Gasteiger partial charge in [-0.1, -0.05) is 70.9 Å². The highest BCUT2D eigenvalue weighted by Crippen LogP contribution is 2.49. The zero-order valence-electron chi connectivity index (χ0n) is 10.1. The van der Waals surface area contributed by atoms with Gasteiger partial charge in [-0.15, -0.1) is 0 Å². The second-order valence-electron chi connectivity index (χ2n) is 5.36. The van der Waals surface area contributed by atoms with Gasteiger partial charge in [-0.05, 0) is 12.8 Å². The molecule has 4 aliphatic rings. The maximum absolute atomic E-state index is 12.7. The predicted octanol–water partition coefficient (Wildman–Crippen LogP) is 3.44. The van der Waals surface area contributed by atoms with E-state index in [1.54, 1.807) is 0 Å². The molecule has 0 aliphatic heterocycles. The Bertz CT molecular complexity index is 522. The minimum atomic E-state index is 0.0531. The second kappa shape index (κ2) is 3.55. The summed E-state index contributed by atoms with van der Waals surface area (Å²) in [6.07, 6.45) is 18.7. The average molecular weight is 234 g/mol. The van der Waals surface area contributed by atoms with Crippen molar-refractivity contribution in [2.24, 2.45) is 11.8 Å². The molecule has 0 saturated heterocycles. The Kier molecular flexibility index (Phi) is 1.99. The normalized spacial score (nSPS) is 31.9. The Labute approximate surface area is 107 Å². The summed E-state index contributed by atoms with van der Waals surface area (Å²) in [5, 5.41) is 0. The lowest BCUT2D eigenvalue weighted by atomic mass is 9.62. The first kappa shape index (κ1) is 10.1. The Balaban J connectivity index is 1.98. The molecule has 18 heavy (non-hydrogen) atoms. The van der Waals surface area contributed by atoms with Gasteiger partial charge in [-0.3, -0.25) is 4.79 Å². The molecule has 2 fully saturated rings. The van der Waals surface area contributed by atoms with Crippen molar-refractivity contribution in [1.82, 2.24) is 0 Å². The van der Waals surface area contributed by atoms with Crippen molar-refractivity contribution >= 4 is 5.78 Å². The number of hydrogen-bond donors (Lipinski definition) is 0. The third kappa shape index (κ3) is 1.25. The molecule has 1 heteroatoms. The topological polar surface area (TPSA) is 17.1 Å². The molecule has 0 heterocycles. The van der Waals surface area contributed by atoms with E-state index < -0.39 is 0 Å². The van der Waals surface area contributed by atoms with Gasteiger partial charge in [0.15, 0.2) is 5.78 Å². The van der Waals surface area contributed by atoms with Crippen LogP contribution in [0.15, 0.2) is 70.9 Å². The molecule has 2 bridgehead atoms. The van der Waals surface area contributed by atoms with Crippen molar-refractivity contribution in [3.05, 3.63) is 70.9 Å². The number of Topliss-reactive ketones (excluding diaryl/α,β-unsaturated/α-hetero) is 1. The van der Waals surface area contributed by atoms with Gasteiger partial charge in [0, 0.05) is 0 Å². The monoisotopic (exact) mass is 234 g/mol. The summed E-state index contributed by atoms with van der Waals surface area (Å²) < 4.78 is 0. The van der Waals surface area contributed by atoms with E-state index in [0.717, 1.165) is 12.8 Å². The van der Waals surface area contributed by atoms with Crippen LogP contribution in [0.3, 0.4) is 0 Å². The van der Waals surface area contributed by atoms with Crippen LogP contribution in [0, 0.1) is 11.8 Å². The zero-order valence-corrected chi connectivity index (χ0v) is 10.1. The number of ketones is 1. The van der Waals surface area contributed by atoms with Crippen molar-refractivity contribution in [2.75, 3.05) is 0 Å². The van der Waals surface area contributed by atoms with Crippen LogP contribution in [0.2, 0.25) is 0 Å². The standard InChI is InChI=1S/C17H14O/c18-17-15-11-5-1-2-6-12(15)10-14-8-4-3-7-13(9-11)16(14)17/h1-8,15-16H,9-10H2. The van der Waals surface area contributed by atoms with Crippen molar-refractivity contribution in [3.8, 4) is 0 Å². The number of carbonyl (C=O) groups excluding carboxylic acids is 1. The highest BCUT2D eigenvalue weighted by atomic mass is 16.1. The van der Waals surface area contributed by atoms with E-state index in [2.05, 4.69) is 48.6 Å². The number of hydrogen-bond acceptors (Lipinski definition) is 1. The van der Waals surface area contributed by atoms with Crippen molar-refractivity contribution in [2.45, 2.75) is 12.8 Å². The fourth-order valence-electron chi connectivity index (χ4n) is 3.59. The van der Waals surface area contributed by atoms with Gasteiger partial charge in [-0.25, -0.2) is 0 Å². The van der Waals surface area contributed by atoms with Gasteiger partial charge >= 0.3 is 0 Å². The van der Waals surface area contributed by atoms with Crippen molar-refractivity contribution in [1.29, 1.82) is 0 Å². The molecule has 4 rings (SSSR count). The van der Waals surface area contributed by atoms with Crippen LogP contribution in [0.1, 0.15) is 12.8 Å². The lowest BCUT2D eigenvalue weighted by Gasteiger charge is -2.39. The molecule has 0 aromatic heterocycles. The fourth-order valence-corrected chi connectivity index (χ4v) is 3.59. The molecule has 0 aromatic rings. The van der Waals surface area contributed by atoms with E-state index in [1.807, 2.05) is 0 Å². The van der Waals surface area contributed by atoms with Crippen molar-refractivity contribution < 1.29 is 4.79 Å². The first-order valence-corrected chi connectivity index (χ1v) is 6.51. The van der Waals surface area contributed by atoms with Gasteiger partial charge < -0.3 is 0 Å². The van der Waals surface area contributed by atoms with Gasteiger partial charge in [-0.2, -0.15) is 0 Å². The van der Waals surface area contributed by atoms with Gasteiger partial charge in [0.05, 0.1) is 11.8 Å². The molecule has 1 nitrogen and oxygen atoms in total. The third-order valence-corrected chi connectivity index (χ3v) is 4.33. The lowest BCUT2D eigenvalue weighted by Crippen LogP contribution is -2.38. The Morgan fingerprint density at radius 3 is 1.33 bits per heavy atom. The largest absolute Gasteiger partial charge is 0.298 e. The maximum Gasteiger partial charge on any atom is 0.155 e. The van der Waals surface area contributed by atoms with Gasteiger partial charge in [0.25, 0.3) is 0 Å². The summed E-state index contributed by atoms with van der Waals surface area (Å²) in [4.78, 5) is 12.7. The molecule has 0 N–H and O–H groups in total. The molecular formula is C17H14O.